The van der Waals surface area contributed by atoms with Gasteiger partial charge in [-0.1, -0.05) is 22.0 Å². The molecular weight excluding hydrogens is 312 g/mol. The number of ether oxygens (including phenoxy) is 1. The molecule has 0 saturated carbocycles. The van der Waals surface area contributed by atoms with Gasteiger partial charge in [0.1, 0.15) is 5.75 Å². The number of carboxylic acids is 1. The van der Waals surface area contributed by atoms with E-state index in [-0.39, 0.29) is 6.01 Å². The highest BCUT2D eigenvalue weighted by atomic mass is 79.9. The lowest BCUT2D eigenvalue weighted by atomic mass is 10.3. The predicted octanol–water partition coefficient (Wildman–Crippen LogP) is 3.13. The van der Waals surface area contributed by atoms with Crippen LogP contribution in [0.4, 0.5) is 0 Å². The van der Waals surface area contributed by atoms with Gasteiger partial charge in [0.15, 0.2) is 0 Å². The molecule has 0 fully saturated rings. The van der Waals surface area contributed by atoms with Gasteiger partial charge in [0.25, 0.3) is 0 Å². The second-order valence-electron chi connectivity index (χ2n) is 3.53. The Morgan fingerprint density at radius 2 is 2.05 bits per heavy atom. The van der Waals surface area contributed by atoms with Gasteiger partial charge in [-0.25, -0.2) is 14.8 Å². The van der Waals surface area contributed by atoms with E-state index in [9.17, 15) is 4.79 Å². The van der Waals surface area contributed by atoms with E-state index in [0.29, 0.717) is 11.3 Å². The molecule has 5 nitrogen and oxygen atoms in total. The van der Waals surface area contributed by atoms with Crippen molar-refractivity contribution in [1.82, 2.24) is 9.97 Å². The van der Waals surface area contributed by atoms with Crippen molar-refractivity contribution in [2.75, 3.05) is 0 Å². The van der Waals surface area contributed by atoms with E-state index in [1.54, 1.807) is 12.1 Å². The molecule has 0 aliphatic carbocycles. The Kier molecular flexibility index (Phi) is 4.25. The number of rotatable bonds is 4. The number of halogens is 1. The van der Waals surface area contributed by atoms with Gasteiger partial charge in [-0.2, -0.15) is 0 Å². The summed E-state index contributed by atoms with van der Waals surface area (Å²) in [5.74, 6) is -0.405. The summed E-state index contributed by atoms with van der Waals surface area (Å²) in [5.41, 5.74) is 0.587. The van der Waals surface area contributed by atoms with E-state index in [2.05, 4.69) is 25.9 Å². The summed E-state index contributed by atoms with van der Waals surface area (Å²) in [6.07, 6.45) is 5.40. The number of aliphatic carboxylic acids is 1. The van der Waals surface area contributed by atoms with E-state index < -0.39 is 5.97 Å². The lowest BCUT2D eigenvalue weighted by Crippen LogP contribution is -1.92. The predicted molar refractivity (Wildman–Crippen MR) is 72.9 cm³/mol. The second-order valence-corrected chi connectivity index (χ2v) is 4.45. The summed E-state index contributed by atoms with van der Waals surface area (Å²) >= 11 is 3.34. The minimum atomic E-state index is -1.02. The Morgan fingerprint density at radius 3 is 2.68 bits per heavy atom. The molecule has 0 unspecified atom stereocenters. The molecule has 6 heteroatoms. The Bertz CT molecular complexity index is 612. The molecule has 0 radical (unpaired) electrons. The van der Waals surface area contributed by atoms with Crippen LogP contribution in [-0.4, -0.2) is 21.0 Å². The van der Waals surface area contributed by atoms with Gasteiger partial charge in [0, 0.05) is 28.5 Å². The third-order valence-electron chi connectivity index (χ3n) is 2.07. The third-order valence-corrected chi connectivity index (χ3v) is 2.56. The van der Waals surface area contributed by atoms with Gasteiger partial charge >= 0.3 is 12.0 Å². The summed E-state index contributed by atoms with van der Waals surface area (Å²) < 4.78 is 6.34. The van der Waals surface area contributed by atoms with Crippen LogP contribution in [0.1, 0.15) is 5.56 Å². The average molecular weight is 321 g/mol. The molecule has 2 rings (SSSR count). The van der Waals surface area contributed by atoms with Gasteiger partial charge in [0.05, 0.1) is 0 Å². The maximum atomic E-state index is 10.4. The molecule has 2 aromatic rings. The Balaban J connectivity index is 2.08. The Morgan fingerprint density at radius 1 is 1.32 bits per heavy atom. The second kappa shape index (κ2) is 6.10. The molecular formula is C13H9BrN2O3. The number of benzene rings is 1. The Labute approximate surface area is 117 Å². The summed E-state index contributed by atoms with van der Waals surface area (Å²) in [6, 6.07) is 7.50. The summed E-state index contributed by atoms with van der Waals surface area (Å²) in [7, 11) is 0. The van der Waals surface area contributed by atoms with E-state index >= 15 is 0 Å². The first-order valence-electron chi connectivity index (χ1n) is 5.30. The summed E-state index contributed by atoms with van der Waals surface area (Å²) in [6.45, 7) is 0. The molecule has 0 bridgehead atoms. The van der Waals surface area contributed by atoms with E-state index in [1.165, 1.54) is 18.5 Å². The summed E-state index contributed by atoms with van der Waals surface area (Å²) in [4.78, 5) is 18.3. The molecule has 0 aliphatic rings. The number of nitrogens with zero attached hydrogens (tertiary/aromatic N) is 2. The first-order chi connectivity index (χ1) is 9.13. The fourth-order valence-electron chi connectivity index (χ4n) is 1.27. The third kappa shape index (κ3) is 4.18. The lowest BCUT2D eigenvalue weighted by molar-refractivity contribution is -0.131. The van der Waals surface area contributed by atoms with Crippen molar-refractivity contribution < 1.29 is 14.6 Å². The number of hydrogen-bond acceptors (Lipinski definition) is 4. The molecule has 0 saturated heterocycles. The van der Waals surface area contributed by atoms with Gasteiger partial charge in [-0.15, -0.1) is 0 Å². The molecule has 1 aromatic heterocycles. The van der Waals surface area contributed by atoms with Gasteiger partial charge in [0.2, 0.25) is 0 Å². The fraction of sp³-hybridized carbons (Fsp3) is 0. The first kappa shape index (κ1) is 13.2. The topological polar surface area (TPSA) is 72.3 Å². The first-order valence-corrected chi connectivity index (χ1v) is 6.09. The quantitative estimate of drug-likeness (QED) is 0.876. The smallest absolute Gasteiger partial charge is 0.328 e. The van der Waals surface area contributed by atoms with Crippen LogP contribution in [0.3, 0.4) is 0 Å². The van der Waals surface area contributed by atoms with E-state index in [4.69, 9.17) is 9.84 Å². The van der Waals surface area contributed by atoms with Crippen molar-refractivity contribution >= 4 is 28.0 Å². The lowest BCUT2D eigenvalue weighted by Gasteiger charge is -2.03. The number of hydrogen-bond donors (Lipinski definition) is 1. The molecule has 1 aromatic carbocycles. The normalized spacial score (nSPS) is 10.6. The van der Waals surface area contributed by atoms with Crippen LogP contribution in [-0.2, 0) is 4.79 Å². The molecule has 96 valence electrons. The minimum Gasteiger partial charge on any atom is -0.478 e. The van der Waals surface area contributed by atoms with Crippen LogP contribution < -0.4 is 4.74 Å². The highest BCUT2D eigenvalue weighted by Crippen LogP contribution is 2.21. The van der Waals surface area contributed by atoms with Crippen LogP contribution in [0.5, 0.6) is 11.8 Å². The van der Waals surface area contributed by atoms with Crippen molar-refractivity contribution in [3.8, 4) is 11.8 Å². The van der Waals surface area contributed by atoms with Crippen molar-refractivity contribution in [2.24, 2.45) is 0 Å². The Hall–Kier alpha value is -2.21. The van der Waals surface area contributed by atoms with Crippen LogP contribution in [0, 0.1) is 0 Å². The number of aromatic nitrogens is 2. The fourth-order valence-corrected chi connectivity index (χ4v) is 1.65. The minimum absolute atomic E-state index is 0.200. The average Bonchev–Trinajstić information content (AvgIpc) is 2.38. The molecule has 1 N–H and O–H groups in total. The monoisotopic (exact) mass is 320 g/mol. The zero-order chi connectivity index (χ0) is 13.7. The van der Waals surface area contributed by atoms with Crippen molar-refractivity contribution in [1.29, 1.82) is 0 Å². The standard InChI is InChI=1S/C13H9BrN2O3/c14-10-2-1-3-11(6-10)19-13-15-7-9(8-16-13)4-5-12(17)18/h1-8H,(H,17,18)/b5-4+. The molecule has 1 heterocycles. The number of carboxylic acid groups (broad SMARTS) is 1. The van der Waals surface area contributed by atoms with Crippen LogP contribution >= 0.6 is 15.9 Å². The molecule has 0 spiro atoms. The maximum absolute atomic E-state index is 10.4. The summed E-state index contributed by atoms with van der Waals surface area (Å²) in [5, 5.41) is 8.49. The molecule has 0 amide bonds. The van der Waals surface area contributed by atoms with Crippen LogP contribution in [0.15, 0.2) is 47.2 Å². The van der Waals surface area contributed by atoms with E-state index in [1.807, 2.05) is 12.1 Å². The largest absolute Gasteiger partial charge is 0.478 e. The molecule has 0 atom stereocenters. The van der Waals surface area contributed by atoms with Gasteiger partial charge in [-0.3, -0.25) is 0 Å². The van der Waals surface area contributed by atoms with Gasteiger partial charge < -0.3 is 9.84 Å². The molecule has 0 aliphatic heterocycles. The maximum Gasteiger partial charge on any atom is 0.328 e. The number of carbonyl (C=O) groups is 1. The zero-order valence-corrected chi connectivity index (χ0v) is 11.2. The van der Waals surface area contributed by atoms with E-state index in [0.717, 1.165) is 10.5 Å². The van der Waals surface area contributed by atoms with Crippen LogP contribution in [0.2, 0.25) is 0 Å². The molecule has 19 heavy (non-hydrogen) atoms. The van der Waals surface area contributed by atoms with Gasteiger partial charge in [-0.05, 0) is 24.3 Å². The highest BCUT2D eigenvalue weighted by molar-refractivity contribution is 9.10. The zero-order valence-electron chi connectivity index (χ0n) is 9.65. The SMILES string of the molecule is O=C(O)/C=C/c1cnc(Oc2cccc(Br)c2)nc1. The van der Waals surface area contributed by atoms with Crippen molar-refractivity contribution in [3.05, 3.63) is 52.8 Å². The highest BCUT2D eigenvalue weighted by Gasteiger charge is 2.00. The van der Waals surface area contributed by atoms with Crippen LogP contribution in [0.25, 0.3) is 6.08 Å². The van der Waals surface area contributed by atoms with Crippen molar-refractivity contribution in [2.45, 2.75) is 0 Å². The van der Waals surface area contributed by atoms with Crippen molar-refractivity contribution in [3.63, 3.8) is 0 Å².